The summed E-state index contributed by atoms with van der Waals surface area (Å²) in [5, 5.41) is 5.84. The number of rotatable bonds is 7. The highest BCUT2D eigenvalue weighted by Crippen LogP contribution is 1.99. The molecule has 1 aliphatic heterocycles. The predicted molar refractivity (Wildman–Crippen MR) is 79.6 cm³/mol. The molecule has 2 N–H and O–H groups in total. The van der Waals surface area contributed by atoms with Crippen LogP contribution in [-0.2, 0) is 19.6 Å². The first-order valence-corrected chi connectivity index (χ1v) is 8.35. The minimum atomic E-state index is -3.15. The van der Waals surface area contributed by atoms with Gasteiger partial charge < -0.3 is 15.4 Å². The zero-order valence-corrected chi connectivity index (χ0v) is 13.6. The van der Waals surface area contributed by atoms with E-state index in [4.69, 9.17) is 4.74 Å². The summed E-state index contributed by atoms with van der Waals surface area (Å²) in [5.41, 5.74) is 0. The lowest BCUT2D eigenvalue weighted by molar-refractivity contribution is -0.134. The van der Waals surface area contributed by atoms with E-state index in [1.54, 1.807) is 6.92 Å². The third-order valence-electron chi connectivity index (χ3n) is 2.93. The Balaban J connectivity index is 0.00000361. The van der Waals surface area contributed by atoms with Crippen molar-refractivity contribution in [1.29, 1.82) is 0 Å². The first-order valence-electron chi connectivity index (χ1n) is 6.50. The normalized spacial score (nSPS) is 19.4. The molecule has 1 fully saturated rings. The SMILES string of the molecule is CCN(CCCNC(=O)C1CNCCO1)S(C)(=O)=O.Cl. The van der Waals surface area contributed by atoms with Crippen molar-refractivity contribution in [1.82, 2.24) is 14.9 Å². The molecule has 1 unspecified atom stereocenters. The molecule has 7 nitrogen and oxygen atoms in total. The van der Waals surface area contributed by atoms with E-state index in [0.717, 1.165) is 6.54 Å². The van der Waals surface area contributed by atoms with Gasteiger partial charge in [0.1, 0.15) is 6.10 Å². The largest absolute Gasteiger partial charge is 0.366 e. The molecule has 0 radical (unpaired) electrons. The van der Waals surface area contributed by atoms with Crippen molar-refractivity contribution in [2.45, 2.75) is 19.4 Å². The van der Waals surface area contributed by atoms with Gasteiger partial charge in [0.25, 0.3) is 0 Å². The Labute approximate surface area is 126 Å². The molecule has 0 aromatic heterocycles. The van der Waals surface area contributed by atoms with Gasteiger partial charge in [0.15, 0.2) is 0 Å². The van der Waals surface area contributed by atoms with E-state index in [2.05, 4.69) is 10.6 Å². The Bertz CT molecular complexity index is 385. The molecule has 0 aliphatic carbocycles. The molecule has 0 bridgehead atoms. The maximum Gasteiger partial charge on any atom is 0.250 e. The minimum absolute atomic E-state index is 0. The number of morpholine rings is 1. The van der Waals surface area contributed by atoms with Crippen molar-refractivity contribution in [2.75, 3.05) is 45.6 Å². The van der Waals surface area contributed by atoms with Crippen molar-refractivity contribution in [3.8, 4) is 0 Å². The van der Waals surface area contributed by atoms with E-state index >= 15 is 0 Å². The number of sulfonamides is 1. The van der Waals surface area contributed by atoms with Gasteiger partial charge in [0.2, 0.25) is 15.9 Å². The molecule has 1 heterocycles. The molecule has 0 aromatic carbocycles. The number of hydrogen-bond donors (Lipinski definition) is 2. The highest BCUT2D eigenvalue weighted by atomic mass is 35.5. The van der Waals surface area contributed by atoms with Gasteiger partial charge in [0.05, 0.1) is 12.9 Å². The van der Waals surface area contributed by atoms with E-state index in [-0.39, 0.29) is 18.3 Å². The van der Waals surface area contributed by atoms with Crippen LogP contribution < -0.4 is 10.6 Å². The molecule has 1 atom stereocenters. The maximum atomic E-state index is 11.7. The number of nitrogens with zero attached hydrogens (tertiary/aromatic N) is 1. The third-order valence-corrected chi connectivity index (χ3v) is 4.30. The molecular formula is C11H24ClN3O4S. The predicted octanol–water partition coefficient (Wildman–Crippen LogP) is -0.816. The van der Waals surface area contributed by atoms with Crippen LogP contribution in [-0.4, -0.2) is 70.3 Å². The second-order valence-electron chi connectivity index (χ2n) is 4.46. The summed E-state index contributed by atoms with van der Waals surface area (Å²) >= 11 is 0. The number of halogens is 1. The quantitative estimate of drug-likeness (QED) is 0.596. The Hall–Kier alpha value is -0.410. The van der Waals surface area contributed by atoms with Gasteiger partial charge >= 0.3 is 0 Å². The van der Waals surface area contributed by atoms with Gasteiger partial charge in [-0.2, -0.15) is 0 Å². The topological polar surface area (TPSA) is 87.7 Å². The summed E-state index contributed by atoms with van der Waals surface area (Å²) in [7, 11) is -3.15. The number of hydrogen-bond acceptors (Lipinski definition) is 5. The van der Waals surface area contributed by atoms with Crippen molar-refractivity contribution in [3.63, 3.8) is 0 Å². The van der Waals surface area contributed by atoms with Gasteiger partial charge in [-0.1, -0.05) is 6.92 Å². The van der Waals surface area contributed by atoms with Crippen LogP contribution in [0, 0.1) is 0 Å². The van der Waals surface area contributed by atoms with Gasteiger partial charge in [0, 0.05) is 32.7 Å². The van der Waals surface area contributed by atoms with Crippen molar-refractivity contribution in [2.24, 2.45) is 0 Å². The van der Waals surface area contributed by atoms with Gasteiger partial charge in [-0.3, -0.25) is 4.79 Å². The number of amides is 1. The van der Waals surface area contributed by atoms with Crippen LogP contribution in [0.4, 0.5) is 0 Å². The van der Waals surface area contributed by atoms with Crippen LogP contribution in [0.15, 0.2) is 0 Å². The Morgan fingerprint density at radius 3 is 2.70 bits per heavy atom. The molecule has 1 amide bonds. The van der Waals surface area contributed by atoms with E-state index in [1.807, 2.05) is 0 Å². The number of carbonyl (C=O) groups excluding carboxylic acids is 1. The summed E-state index contributed by atoms with van der Waals surface area (Å²) in [6, 6.07) is 0. The smallest absolute Gasteiger partial charge is 0.250 e. The van der Waals surface area contributed by atoms with Gasteiger partial charge in [-0.05, 0) is 6.42 Å². The molecule has 120 valence electrons. The average molecular weight is 330 g/mol. The zero-order valence-electron chi connectivity index (χ0n) is 11.9. The van der Waals surface area contributed by atoms with Crippen molar-refractivity contribution < 1.29 is 17.9 Å². The summed E-state index contributed by atoms with van der Waals surface area (Å²) in [6.45, 7) is 4.93. The molecule has 20 heavy (non-hydrogen) atoms. The Morgan fingerprint density at radius 2 is 2.20 bits per heavy atom. The van der Waals surface area contributed by atoms with Crippen molar-refractivity contribution in [3.05, 3.63) is 0 Å². The highest BCUT2D eigenvalue weighted by Gasteiger charge is 2.21. The van der Waals surface area contributed by atoms with Crippen molar-refractivity contribution >= 4 is 28.3 Å². The summed E-state index contributed by atoms with van der Waals surface area (Å²) in [5.74, 6) is -0.144. The number of carbonyl (C=O) groups is 1. The third kappa shape index (κ3) is 6.85. The van der Waals surface area contributed by atoms with E-state index in [0.29, 0.717) is 39.2 Å². The molecule has 0 aromatic rings. The molecule has 1 saturated heterocycles. The fourth-order valence-electron chi connectivity index (χ4n) is 1.87. The summed E-state index contributed by atoms with van der Waals surface area (Å²) in [4.78, 5) is 11.7. The Morgan fingerprint density at radius 1 is 1.50 bits per heavy atom. The van der Waals surface area contributed by atoms with Gasteiger partial charge in [-0.15, -0.1) is 12.4 Å². The molecule has 1 rings (SSSR count). The minimum Gasteiger partial charge on any atom is -0.366 e. The second-order valence-corrected chi connectivity index (χ2v) is 6.45. The monoisotopic (exact) mass is 329 g/mol. The molecule has 0 saturated carbocycles. The lowest BCUT2D eigenvalue weighted by atomic mass is 10.3. The fourth-order valence-corrected chi connectivity index (χ4v) is 2.80. The first kappa shape index (κ1) is 19.6. The van der Waals surface area contributed by atoms with E-state index in [1.165, 1.54) is 10.6 Å². The summed E-state index contributed by atoms with van der Waals surface area (Å²) < 4.78 is 29.4. The molecule has 9 heteroatoms. The van der Waals surface area contributed by atoms with Crippen LogP contribution in [0.25, 0.3) is 0 Å². The molecule has 1 aliphatic rings. The van der Waals surface area contributed by atoms with Crippen LogP contribution in [0.5, 0.6) is 0 Å². The lowest BCUT2D eigenvalue weighted by Gasteiger charge is -2.23. The Kier molecular flexibility index (Phi) is 9.32. The lowest BCUT2D eigenvalue weighted by Crippen LogP contribution is -2.48. The zero-order chi connectivity index (χ0) is 14.3. The van der Waals surface area contributed by atoms with E-state index in [9.17, 15) is 13.2 Å². The van der Waals surface area contributed by atoms with E-state index < -0.39 is 16.1 Å². The first-order chi connectivity index (χ1) is 8.95. The highest BCUT2D eigenvalue weighted by molar-refractivity contribution is 7.88. The fraction of sp³-hybridized carbons (Fsp3) is 0.909. The number of ether oxygens (including phenoxy) is 1. The average Bonchev–Trinajstić information content (AvgIpc) is 2.38. The molecular weight excluding hydrogens is 306 g/mol. The maximum absolute atomic E-state index is 11.7. The second kappa shape index (κ2) is 9.51. The summed E-state index contributed by atoms with van der Waals surface area (Å²) in [6.07, 6.45) is 1.34. The van der Waals surface area contributed by atoms with Gasteiger partial charge in [-0.25, -0.2) is 12.7 Å². The van der Waals surface area contributed by atoms with Crippen LogP contribution in [0.2, 0.25) is 0 Å². The standard InChI is InChI=1S/C11H23N3O4S.ClH/c1-3-14(19(2,16)17)7-4-5-13-11(15)10-9-12-6-8-18-10;/h10,12H,3-9H2,1-2H3,(H,13,15);1H. The van der Waals surface area contributed by atoms with Crippen LogP contribution in [0.1, 0.15) is 13.3 Å². The van der Waals surface area contributed by atoms with Crippen LogP contribution >= 0.6 is 12.4 Å². The molecule has 0 spiro atoms. The number of nitrogens with one attached hydrogen (secondary N) is 2. The van der Waals surface area contributed by atoms with Crippen LogP contribution in [0.3, 0.4) is 0 Å².